The SMILES string of the molecule is O=C1CCCC1.O=C1[CH]([Na])CC[CH]1[Na]. The predicted octanol–water partition coefficient (Wildman–Crippen LogP) is 1.39. The van der Waals surface area contributed by atoms with Crippen LogP contribution in [0.4, 0.5) is 0 Å². The molecule has 14 heavy (non-hydrogen) atoms. The minimum atomic E-state index is 0.454. The van der Waals surface area contributed by atoms with Gasteiger partial charge in [-0.1, -0.05) is 0 Å². The van der Waals surface area contributed by atoms with E-state index < -0.39 is 0 Å². The van der Waals surface area contributed by atoms with E-state index in [0.29, 0.717) is 17.9 Å². The van der Waals surface area contributed by atoms with Gasteiger partial charge in [-0.25, -0.2) is 0 Å². The molecule has 0 radical (unpaired) electrons. The molecule has 2 unspecified atom stereocenters. The van der Waals surface area contributed by atoms with E-state index in [0.717, 1.165) is 81.5 Å². The zero-order valence-electron chi connectivity index (χ0n) is 9.21. The van der Waals surface area contributed by atoms with Crippen LogP contribution in [0.5, 0.6) is 0 Å². The number of hydrogen-bond acceptors (Lipinski definition) is 2. The summed E-state index contributed by atoms with van der Waals surface area (Å²) < 4.78 is 1.05. The quantitative estimate of drug-likeness (QED) is 0.569. The summed E-state index contributed by atoms with van der Waals surface area (Å²) in [5.41, 5.74) is 0. The summed E-state index contributed by atoms with van der Waals surface area (Å²) in [5, 5.41) is 0. The van der Waals surface area contributed by atoms with E-state index in [2.05, 4.69) is 0 Å². The van der Waals surface area contributed by atoms with Crippen LogP contribution in [0.1, 0.15) is 38.5 Å². The topological polar surface area (TPSA) is 34.1 Å². The fourth-order valence-electron chi connectivity index (χ4n) is 2.04. The monoisotopic (exact) mass is 212 g/mol. The number of hydrogen-bond donors (Lipinski definition) is 0. The van der Waals surface area contributed by atoms with E-state index in [1.54, 1.807) is 0 Å². The van der Waals surface area contributed by atoms with Crippen molar-refractivity contribution in [1.82, 2.24) is 0 Å². The fourth-order valence-corrected chi connectivity index (χ4v) is 4.51. The molecule has 0 aromatic heterocycles. The normalized spacial score (nSPS) is 31.7. The molecule has 2 aliphatic rings. The van der Waals surface area contributed by atoms with Gasteiger partial charge in [0.05, 0.1) is 0 Å². The second-order valence-corrected chi connectivity index (χ2v) is 7.32. The summed E-state index contributed by atoms with van der Waals surface area (Å²) >= 11 is 2.20. The molecule has 0 aromatic rings. The Morgan fingerprint density at radius 1 is 0.929 bits per heavy atom. The van der Waals surface area contributed by atoms with Crippen molar-refractivity contribution in [1.29, 1.82) is 0 Å². The Labute approximate surface area is 120 Å². The Morgan fingerprint density at radius 3 is 1.50 bits per heavy atom. The Bertz CT molecular complexity index is 208. The Kier molecular flexibility index (Phi) is 6.53. The molecule has 4 heteroatoms. The van der Waals surface area contributed by atoms with Gasteiger partial charge in [-0.15, -0.1) is 0 Å². The van der Waals surface area contributed by atoms with E-state index in [9.17, 15) is 9.59 Å². The first-order valence-electron chi connectivity index (χ1n) is 5.66. The Hall–Kier alpha value is 1.34. The van der Waals surface area contributed by atoms with Gasteiger partial charge in [-0.05, 0) is 12.8 Å². The summed E-state index contributed by atoms with van der Waals surface area (Å²) in [7, 11) is 0. The van der Waals surface area contributed by atoms with E-state index in [1.807, 2.05) is 0 Å². The number of rotatable bonds is 0. The second-order valence-electron chi connectivity index (χ2n) is 4.53. The van der Waals surface area contributed by atoms with Crippen LogP contribution in [0, 0.1) is 0 Å². The van der Waals surface area contributed by atoms with Gasteiger partial charge in [0.2, 0.25) is 0 Å². The van der Waals surface area contributed by atoms with Gasteiger partial charge in [0.1, 0.15) is 5.78 Å². The van der Waals surface area contributed by atoms with Gasteiger partial charge < -0.3 is 0 Å². The van der Waals surface area contributed by atoms with Gasteiger partial charge in [0, 0.05) is 12.8 Å². The van der Waals surface area contributed by atoms with Crippen molar-refractivity contribution in [3.63, 3.8) is 0 Å². The Balaban J connectivity index is 0.000000146. The van der Waals surface area contributed by atoms with E-state index in [-0.39, 0.29) is 0 Å². The molecule has 2 nitrogen and oxygen atoms in total. The number of ketones is 2. The van der Waals surface area contributed by atoms with Crippen molar-refractivity contribution in [2.75, 3.05) is 0 Å². The molecule has 2 saturated carbocycles. The average molecular weight is 212 g/mol. The van der Waals surface area contributed by atoms with E-state index >= 15 is 0 Å². The van der Waals surface area contributed by atoms with Crippen LogP contribution < -0.4 is 0 Å². The molecule has 0 bridgehead atoms. The molecule has 0 spiro atoms. The molecule has 0 aromatic carbocycles. The van der Waals surface area contributed by atoms with E-state index in [4.69, 9.17) is 0 Å². The third-order valence-corrected chi connectivity index (χ3v) is 5.46. The molecular formula is C10H14Na2O2. The molecule has 2 atom stereocenters. The maximum atomic E-state index is 11.0. The predicted molar refractivity (Wildman–Crippen MR) is 56.7 cm³/mol. The van der Waals surface area contributed by atoms with Crippen LogP contribution >= 0.6 is 0 Å². The van der Waals surface area contributed by atoms with Gasteiger partial charge in [-0.3, -0.25) is 4.79 Å². The number of carbonyl (C=O) groups is 2. The summed E-state index contributed by atoms with van der Waals surface area (Å²) in [6.07, 6.45) is 6.39. The average Bonchev–Trinajstić information content (AvgIpc) is 2.73. The molecule has 0 heterocycles. The standard InChI is InChI=1S/C5H8O.C5H6O.2Na/c2*6-5-3-1-2-4-5;;/h1-4H2;3-4H,1-2H2;;. The molecular weight excluding hydrogens is 198 g/mol. The summed E-state index contributed by atoms with van der Waals surface area (Å²) in [6, 6.07) is 0. The third kappa shape index (κ3) is 4.46. The molecule has 0 saturated heterocycles. The first-order chi connectivity index (χ1) is 6.61. The first kappa shape index (κ1) is 13.4. The summed E-state index contributed by atoms with van der Waals surface area (Å²) in [5.74, 6) is 1.04. The van der Waals surface area contributed by atoms with Crippen LogP contribution in [0.25, 0.3) is 0 Å². The molecule has 2 rings (SSSR count). The van der Waals surface area contributed by atoms with Gasteiger partial charge in [0.25, 0.3) is 0 Å². The number of carbonyl (C=O) groups excluding carboxylic acids is 2. The van der Waals surface area contributed by atoms with Crippen LogP contribution in [0.15, 0.2) is 0 Å². The van der Waals surface area contributed by atoms with Crippen LogP contribution in [0.3, 0.4) is 0 Å². The molecule has 0 N–H and O–H groups in total. The zero-order chi connectivity index (χ0) is 10.6. The minimum absolute atomic E-state index is 0.454. The summed E-state index contributed by atoms with van der Waals surface area (Å²) in [6.45, 7) is 0. The van der Waals surface area contributed by atoms with Crippen molar-refractivity contribution in [3.8, 4) is 0 Å². The van der Waals surface area contributed by atoms with Crippen molar-refractivity contribution in [3.05, 3.63) is 0 Å². The maximum absolute atomic E-state index is 11.0. The van der Waals surface area contributed by atoms with Crippen LogP contribution in [-0.4, -0.2) is 67.4 Å². The molecule has 0 amide bonds. The van der Waals surface area contributed by atoms with Crippen molar-refractivity contribution >= 4 is 67.4 Å². The van der Waals surface area contributed by atoms with Gasteiger partial charge >= 0.3 is 85.6 Å². The zero-order valence-corrected chi connectivity index (χ0v) is 13.2. The van der Waals surface area contributed by atoms with E-state index in [1.165, 1.54) is 12.8 Å². The third-order valence-electron chi connectivity index (χ3n) is 3.17. The molecule has 2 aliphatic carbocycles. The molecule has 68 valence electrons. The first-order valence-corrected chi connectivity index (χ1v) is 7.97. The van der Waals surface area contributed by atoms with Gasteiger partial charge in [0.15, 0.2) is 0 Å². The molecule has 2 fully saturated rings. The second kappa shape index (κ2) is 6.82. The molecule has 0 aliphatic heterocycles. The van der Waals surface area contributed by atoms with Crippen molar-refractivity contribution < 1.29 is 9.59 Å². The van der Waals surface area contributed by atoms with Crippen LogP contribution in [0.2, 0.25) is 6.33 Å². The Morgan fingerprint density at radius 2 is 1.36 bits per heavy atom. The summed E-state index contributed by atoms with van der Waals surface area (Å²) in [4.78, 5) is 21.2. The van der Waals surface area contributed by atoms with Gasteiger partial charge in [-0.2, -0.15) is 0 Å². The number of Topliss-reactive ketones (excluding diaryl/α,β-unsaturated/α-hetero) is 2. The van der Waals surface area contributed by atoms with Crippen molar-refractivity contribution in [2.45, 2.75) is 44.9 Å². The van der Waals surface area contributed by atoms with Crippen molar-refractivity contribution in [2.24, 2.45) is 0 Å². The van der Waals surface area contributed by atoms with Crippen LogP contribution in [-0.2, 0) is 9.59 Å². The fraction of sp³-hybridized carbons (Fsp3) is 0.800.